The van der Waals surface area contributed by atoms with Gasteiger partial charge in [0, 0.05) is 11.6 Å². The Labute approximate surface area is 92.6 Å². The van der Waals surface area contributed by atoms with Crippen LogP contribution in [0.5, 0.6) is 0 Å². The van der Waals surface area contributed by atoms with E-state index in [1.807, 2.05) is 0 Å². The van der Waals surface area contributed by atoms with Crippen LogP contribution in [-0.4, -0.2) is 31.5 Å². The van der Waals surface area contributed by atoms with Crippen molar-refractivity contribution in [3.05, 3.63) is 0 Å². The lowest BCUT2D eigenvalue weighted by Crippen LogP contribution is -2.50. The summed E-state index contributed by atoms with van der Waals surface area (Å²) in [7, 11) is -2.78. The molecule has 3 unspecified atom stereocenters. The molecular formula is C11H21NO2S. The highest BCUT2D eigenvalue weighted by Gasteiger charge is 2.40. The molecule has 1 aliphatic carbocycles. The minimum absolute atomic E-state index is 0.165. The second-order valence-electron chi connectivity index (χ2n) is 5.56. The van der Waals surface area contributed by atoms with E-state index in [-0.39, 0.29) is 5.54 Å². The van der Waals surface area contributed by atoms with Crippen LogP contribution >= 0.6 is 0 Å². The molecule has 2 fully saturated rings. The maximum atomic E-state index is 11.5. The first kappa shape index (κ1) is 11.4. The van der Waals surface area contributed by atoms with Crippen LogP contribution in [0.15, 0.2) is 0 Å². The lowest BCUT2D eigenvalue weighted by Gasteiger charge is -2.30. The molecule has 1 saturated heterocycles. The summed E-state index contributed by atoms with van der Waals surface area (Å²) in [5, 5.41) is 3.58. The zero-order valence-corrected chi connectivity index (χ0v) is 10.4. The molecule has 0 aromatic carbocycles. The third-order valence-electron chi connectivity index (χ3n) is 3.90. The van der Waals surface area contributed by atoms with E-state index in [9.17, 15) is 8.42 Å². The molecule has 1 heterocycles. The highest BCUT2D eigenvalue weighted by Crippen LogP contribution is 2.30. The zero-order chi connectivity index (χ0) is 11.1. The number of hydrogen-bond acceptors (Lipinski definition) is 3. The van der Waals surface area contributed by atoms with Crippen molar-refractivity contribution in [2.75, 3.05) is 11.5 Å². The molecule has 1 N–H and O–H groups in total. The molecule has 0 aromatic rings. The van der Waals surface area contributed by atoms with Gasteiger partial charge in [-0.1, -0.05) is 13.3 Å². The molecule has 0 bridgehead atoms. The van der Waals surface area contributed by atoms with Gasteiger partial charge in [-0.15, -0.1) is 0 Å². The Bertz CT molecular complexity index is 338. The smallest absolute Gasteiger partial charge is 0.152 e. The quantitative estimate of drug-likeness (QED) is 0.780. The van der Waals surface area contributed by atoms with Gasteiger partial charge in [0.05, 0.1) is 11.5 Å². The second kappa shape index (κ2) is 3.74. The molecule has 2 rings (SSSR count). The number of hydrogen-bond donors (Lipinski definition) is 1. The Kier molecular flexibility index (Phi) is 2.84. The fourth-order valence-electron chi connectivity index (χ4n) is 2.93. The molecule has 0 aromatic heterocycles. The molecule has 88 valence electrons. The third kappa shape index (κ3) is 2.53. The van der Waals surface area contributed by atoms with Crippen molar-refractivity contribution in [2.45, 2.75) is 51.1 Å². The van der Waals surface area contributed by atoms with E-state index in [2.05, 4.69) is 19.2 Å². The van der Waals surface area contributed by atoms with Crippen molar-refractivity contribution in [2.24, 2.45) is 5.92 Å². The van der Waals surface area contributed by atoms with E-state index in [0.717, 1.165) is 6.42 Å². The molecule has 0 amide bonds. The van der Waals surface area contributed by atoms with Crippen LogP contribution in [-0.2, 0) is 9.84 Å². The predicted octanol–water partition coefficient (Wildman–Crippen LogP) is 1.34. The zero-order valence-electron chi connectivity index (χ0n) is 9.62. The van der Waals surface area contributed by atoms with Gasteiger partial charge < -0.3 is 5.32 Å². The van der Waals surface area contributed by atoms with Gasteiger partial charge in [0.2, 0.25) is 0 Å². The van der Waals surface area contributed by atoms with Crippen molar-refractivity contribution in [3.63, 3.8) is 0 Å². The van der Waals surface area contributed by atoms with Gasteiger partial charge >= 0.3 is 0 Å². The molecule has 15 heavy (non-hydrogen) atoms. The van der Waals surface area contributed by atoms with Crippen LogP contribution in [0, 0.1) is 5.92 Å². The number of sulfone groups is 1. The number of nitrogens with one attached hydrogen (secondary N) is 1. The van der Waals surface area contributed by atoms with E-state index in [1.165, 1.54) is 19.3 Å². The first-order valence-corrected chi connectivity index (χ1v) is 7.71. The first-order chi connectivity index (χ1) is 6.90. The summed E-state index contributed by atoms with van der Waals surface area (Å²) in [6.07, 6.45) is 4.54. The molecule has 0 spiro atoms. The summed E-state index contributed by atoms with van der Waals surface area (Å²) in [5.41, 5.74) is -0.165. The molecule has 1 aliphatic heterocycles. The van der Waals surface area contributed by atoms with Crippen molar-refractivity contribution >= 4 is 9.84 Å². The third-order valence-corrected chi connectivity index (χ3v) is 5.80. The minimum Gasteiger partial charge on any atom is -0.307 e. The molecular weight excluding hydrogens is 210 g/mol. The number of rotatable bonds is 2. The van der Waals surface area contributed by atoms with Gasteiger partial charge in [-0.05, 0) is 32.1 Å². The van der Waals surface area contributed by atoms with Crippen LogP contribution in [0.25, 0.3) is 0 Å². The van der Waals surface area contributed by atoms with Crippen molar-refractivity contribution < 1.29 is 8.42 Å². The molecule has 4 heteroatoms. The van der Waals surface area contributed by atoms with Crippen molar-refractivity contribution in [1.82, 2.24) is 5.32 Å². The highest BCUT2D eigenvalue weighted by molar-refractivity contribution is 7.91. The average Bonchev–Trinajstić information content (AvgIpc) is 2.59. The SMILES string of the molecule is CC1CCCC1NC1(C)CCS(=O)(=O)C1. The fourth-order valence-corrected chi connectivity index (χ4v) is 5.04. The second-order valence-corrected chi connectivity index (χ2v) is 7.75. The summed E-state index contributed by atoms with van der Waals surface area (Å²) < 4.78 is 22.9. The molecule has 1 saturated carbocycles. The molecule has 2 aliphatic rings. The lowest BCUT2D eigenvalue weighted by atomic mass is 9.97. The summed E-state index contributed by atoms with van der Waals surface area (Å²) in [6, 6.07) is 0.531. The van der Waals surface area contributed by atoms with Gasteiger partial charge in [-0.3, -0.25) is 0 Å². The topological polar surface area (TPSA) is 46.2 Å². The summed E-state index contributed by atoms with van der Waals surface area (Å²) in [6.45, 7) is 4.32. The van der Waals surface area contributed by atoms with Crippen molar-refractivity contribution in [3.8, 4) is 0 Å². The normalized spacial score (nSPS) is 44.7. The van der Waals surface area contributed by atoms with E-state index in [4.69, 9.17) is 0 Å². The maximum Gasteiger partial charge on any atom is 0.152 e. The van der Waals surface area contributed by atoms with Crippen molar-refractivity contribution in [1.29, 1.82) is 0 Å². The van der Waals surface area contributed by atoms with Crippen LogP contribution in [0.1, 0.15) is 39.5 Å². The van der Waals surface area contributed by atoms with E-state index in [1.54, 1.807) is 0 Å². The van der Waals surface area contributed by atoms with E-state index in [0.29, 0.717) is 23.5 Å². The highest BCUT2D eigenvalue weighted by atomic mass is 32.2. The standard InChI is InChI=1S/C11H21NO2S/c1-9-4-3-5-10(9)12-11(2)6-7-15(13,14)8-11/h9-10,12H,3-8H2,1-2H3. The molecule has 0 radical (unpaired) electrons. The summed E-state index contributed by atoms with van der Waals surface area (Å²) in [5.74, 6) is 1.38. The van der Waals surface area contributed by atoms with Gasteiger partial charge in [-0.2, -0.15) is 0 Å². The van der Waals surface area contributed by atoms with Gasteiger partial charge in [0.25, 0.3) is 0 Å². The monoisotopic (exact) mass is 231 g/mol. The van der Waals surface area contributed by atoms with Crippen LogP contribution in [0.4, 0.5) is 0 Å². The Morgan fingerprint density at radius 3 is 2.53 bits per heavy atom. The summed E-state index contributed by atoms with van der Waals surface area (Å²) >= 11 is 0. The largest absolute Gasteiger partial charge is 0.307 e. The Morgan fingerprint density at radius 2 is 2.07 bits per heavy atom. The van der Waals surface area contributed by atoms with Gasteiger partial charge in [0.15, 0.2) is 9.84 Å². The predicted molar refractivity (Wildman–Crippen MR) is 61.6 cm³/mol. The Balaban J connectivity index is 2.00. The molecule has 3 nitrogen and oxygen atoms in total. The Hall–Kier alpha value is -0.0900. The van der Waals surface area contributed by atoms with Gasteiger partial charge in [-0.25, -0.2) is 8.42 Å². The maximum absolute atomic E-state index is 11.5. The fraction of sp³-hybridized carbons (Fsp3) is 1.00. The lowest BCUT2D eigenvalue weighted by molar-refractivity contribution is 0.304. The van der Waals surface area contributed by atoms with Crippen LogP contribution < -0.4 is 5.32 Å². The summed E-state index contributed by atoms with van der Waals surface area (Å²) in [4.78, 5) is 0. The van der Waals surface area contributed by atoms with E-state index < -0.39 is 9.84 Å². The average molecular weight is 231 g/mol. The first-order valence-electron chi connectivity index (χ1n) is 5.88. The van der Waals surface area contributed by atoms with Gasteiger partial charge in [0.1, 0.15) is 0 Å². The van der Waals surface area contributed by atoms with Crippen LogP contribution in [0.3, 0.4) is 0 Å². The van der Waals surface area contributed by atoms with Crippen LogP contribution in [0.2, 0.25) is 0 Å². The minimum atomic E-state index is -2.78. The van der Waals surface area contributed by atoms with E-state index >= 15 is 0 Å². The molecule has 3 atom stereocenters. The Morgan fingerprint density at radius 1 is 1.33 bits per heavy atom.